The van der Waals surface area contributed by atoms with Gasteiger partial charge in [0, 0.05) is 35.4 Å². The molecule has 1 aliphatic rings. The van der Waals surface area contributed by atoms with Gasteiger partial charge in [-0.1, -0.05) is 39.0 Å². The van der Waals surface area contributed by atoms with Crippen molar-refractivity contribution in [3.63, 3.8) is 0 Å². The van der Waals surface area contributed by atoms with E-state index in [1.54, 1.807) is 6.92 Å². The van der Waals surface area contributed by atoms with E-state index >= 15 is 0 Å². The number of aliphatic hydroxyl groups is 2. The molecule has 7 heterocycles. The van der Waals surface area contributed by atoms with E-state index in [9.17, 15) is 58.2 Å². The van der Waals surface area contributed by atoms with E-state index in [1.807, 2.05) is 5.32 Å². The second-order valence-corrected chi connectivity index (χ2v) is 20.8. The number of hydrogen-bond donors (Lipinski definition) is 11. The third-order valence-corrected chi connectivity index (χ3v) is 14.1. The number of rotatable bonds is 10. The lowest BCUT2D eigenvalue weighted by atomic mass is 10.1. The topological polar surface area (TPSA) is 459 Å². The van der Waals surface area contributed by atoms with Crippen LogP contribution in [0.15, 0.2) is 104 Å². The van der Waals surface area contributed by atoms with Gasteiger partial charge in [-0.25, -0.2) is 29.9 Å². The van der Waals surface area contributed by atoms with Crippen molar-refractivity contribution < 1.29 is 76.1 Å². The summed E-state index contributed by atoms with van der Waals surface area (Å²) in [6.07, 6.45) is -1.78. The van der Waals surface area contributed by atoms with Gasteiger partial charge in [-0.3, -0.25) is 47.9 Å². The number of carbonyl (C=O) groups is 10. The van der Waals surface area contributed by atoms with Crippen molar-refractivity contribution in [3.8, 4) is 22.0 Å². The first kappa shape index (κ1) is 65.5. The molecule has 9 amide bonds. The number of amides is 9. The van der Waals surface area contributed by atoms with Gasteiger partial charge in [0.15, 0.2) is 23.4 Å². The summed E-state index contributed by atoms with van der Waals surface area (Å²) in [7, 11) is 1.27. The summed E-state index contributed by atoms with van der Waals surface area (Å²) in [5, 5.41) is 43.0. The number of nitrogens with zero attached hydrogens (tertiary/aromatic N) is 6. The number of aromatic nitrogens is 6. The lowest BCUT2D eigenvalue weighted by molar-refractivity contribution is -0.124. The number of allylic oxidation sites excluding steroid dienone is 2. The average molecular weight is 1260 g/mol. The third-order valence-electron chi connectivity index (χ3n) is 12.3. The Morgan fingerprint density at radius 3 is 1.92 bits per heavy atom. The number of aliphatic hydroxyl groups excluding tert-OH is 2. The number of nitrogens with one attached hydrogen (secondary N) is 8. The van der Waals surface area contributed by atoms with E-state index in [4.69, 9.17) is 23.7 Å². The van der Waals surface area contributed by atoms with E-state index in [2.05, 4.69) is 100 Å². The Morgan fingerprint density at radius 2 is 1.28 bits per heavy atom. The van der Waals surface area contributed by atoms with Crippen LogP contribution in [0.1, 0.15) is 126 Å². The number of ether oxygens (including phenoxy) is 1. The van der Waals surface area contributed by atoms with E-state index in [0.717, 1.165) is 28.7 Å². The third kappa shape index (κ3) is 15.3. The Morgan fingerprint density at radius 1 is 0.697 bits per heavy atom. The summed E-state index contributed by atoms with van der Waals surface area (Å²) < 4.78 is 23.0. The summed E-state index contributed by atoms with van der Waals surface area (Å²) >= 11 is 1.85. The van der Waals surface area contributed by atoms with Crippen LogP contribution >= 0.6 is 22.7 Å². The lowest BCUT2D eigenvalue weighted by Gasteiger charge is -2.21. The van der Waals surface area contributed by atoms with E-state index in [1.165, 1.54) is 70.7 Å². The average Bonchev–Trinajstić information content (AvgIpc) is 1.77. The molecule has 6 aromatic heterocycles. The summed E-state index contributed by atoms with van der Waals surface area (Å²) in [4.78, 5) is 160. The Bertz CT molecular complexity index is 4080. The van der Waals surface area contributed by atoms with Crippen molar-refractivity contribution in [3.05, 3.63) is 159 Å². The maximum atomic E-state index is 14.0. The molecule has 89 heavy (non-hydrogen) atoms. The molecule has 7 rings (SSSR count). The zero-order valence-corrected chi connectivity index (χ0v) is 49.8. The highest BCUT2D eigenvalue weighted by Gasteiger charge is 2.33. The zero-order chi connectivity index (χ0) is 65.5. The molecule has 0 spiro atoms. The Labute approximate surface area is 511 Å². The maximum Gasteiger partial charge on any atom is 0.278 e. The van der Waals surface area contributed by atoms with E-state index in [-0.39, 0.29) is 108 Å². The van der Waals surface area contributed by atoms with Gasteiger partial charge >= 0.3 is 0 Å². The van der Waals surface area contributed by atoms with Crippen molar-refractivity contribution in [2.75, 3.05) is 7.11 Å². The molecule has 0 saturated heterocycles. The molecule has 0 radical (unpaired) electrons. The van der Waals surface area contributed by atoms with E-state index in [0.29, 0.717) is 0 Å². The number of methoxy groups -OCH3 is 1. The fourth-order valence-corrected chi connectivity index (χ4v) is 9.39. The number of pyridine rings is 1. The highest BCUT2D eigenvalue weighted by molar-refractivity contribution is 7.13. The molecule has 0 saturated carbocycles. The smallest absolute Gasteiger partial charge is 0.278 e. The first-order chi connectivity index (χ1) is 42.0. The van der Waals surface area contributed by atoms with Crippen molar-refractivity contribution in [2.45, 2.75) is 72.4 Å². The number of hydrogen-bond acceptors (Lipinski definition) is 24. The highest BCUT2D eigenvalue weighted by Crippen LogP contribution is 2.36. The van der Waals surface area contributed by atoms with Gasteiger partial charge in [0.1, 0.15) is 67.5 Å². The van der Waals surface area contributed by atoms with Crippen LogP contribution in [0.4, 0.5) is 0 Å². The number of aryl methyl sites for hydroxylation is 3. The number of primary amides is 1. The number of thiazole rings is 2. The van der Waals surface area contributed by atoms with E-state index < -0.39 is 112 Å². The van der Waals surface area contributed by atoms with Crippen LogP contribution in [-0.2, 0) is 28.7 Å². The molecule has 10 bridgehead atoms. The molecule has 31 nitrogen and oxygen atoms in total. The van der Waals surface area contributed by atoms with Crippen molar-refractivity contribution in [1.29, 1.82) is 0 Å². The SMILES string of the molecule is C=C(NC(=O)C(=C)NC(=O)C(=C)NC(=O)c1ccc2c(n1)-c1nc(oc1C)C(=C)NC(=O)C(=C)NC(=O)c1nc(oc1C)/C(=C/C)CC(=O)c1csc(n1)C(OC)NC(=O)c1nc(oc1C)/C(=C/C(C)O)NC(=O)C(C(C)O)NC(=O)c1csc-2n1)C(N)=O. The fraction of sp³-hybridized carbons (Fsp3) is 0.214. The monoisotopic (exact) mass is 1260 g/mol. The molecule has 0 aromatic carbocycles. The first-order valence-corrected chi connectivity index (χ1v) is 27.6. The number of oxazole rings is 3. The zero-order valence-electron chi connectivity index (χ0n) is 48.2. The summed E-state index contributed by atoms with van der Waals surface area (Å²) in [5.41, 5.74) is 1.08. The number of Topliss-reactive ketones (excluding diaryl/α,β-unsaturated/α-hetero) is 1. The Hall–Kier alpha value is -11.0. The normalized spacial score (nSPS) is 17.1. The van der Waals surface area contributed by atoms with Crippen LogP contribution in [0.5, 0.6) is 0 Å². The van der Waals surface area contributed by atoms with Crippen LogP contribution in [0.3, 0.4) is 0 Å². The molecule has 12 N–H and O–H groups in total. The summed E-state index contributed by atoms with van der Waals surface area (Å²) in [6, 6.07) is 0.803. The first-order valence-electron chi connectivity index (χ1n) is 25.9. The van der Waals surface area contributed by atoms with Crippen molar-refractivity contribution >= 4 is 98.6 Å². The lowest BCUT2D eigenvalue weighted by Crippen LogP contribution is -2.52. The number of fused-ring (bicyclic) bond motifs is 13. The minimum Gasteiger partial charge on any atom is -0.441 e. The molecular weight excluding hydrogens is 1200 g/mol. The Kier molecular flexibility index (Phi) is 20.3. The maximum absolute atomic E-state index is 14.0. The molecule has 4 atom stereocenters. The molecule has 33 heteroatoms. The van der Waals surface area contributed by atoms with Gasteiger partial charge in [0.25, 0.3) is 47.3 Å². The standard InChI is InChI=1S/C56H55N15O16S2/c1-13-30-17-36(74)34-18-89-56(65-34)54(84-12)71-50(83)40-29(11)87-53(70-40)33(16-20(2)72)64-48(81)37(26(8)73)67-47(80)35-19-88-55(66-35)31-14-15-32(46(79)60-23(5)44(77)59-22(4)43(76)58-21(3)42(57)75)63-41(31)38-27(9)85-51(68-38)25(7)62-45(78)24(6)61-49(82)39-28(10)86-52(30)69-39/h13-16,18-20,26,37,54,72-73H,3-7,17H2,1-2,8-12H3,(H2,57,75)(H,58,76)(H,59,77)(H,60,79)(H,61,82)(H,62,78)(H,64,81)(H,67,80)(H,71,83)/b30-13+,33-16-. The number of carbonyl (C=O) groups excluding carboxylic acids is 10. The second-order valence-electron chi connectivity index (χ2n) is 19.0. The fourth-order valence-electron chi connectivity index (χ4n) is 7.72. The van der Waals surface area contributed by atoms with Crippen LogP contribution < -0.4 is 48.3 Å². The van der Waals surface area contributed by atoms with Gasteiger partial charge in [0.2, 0.25) is 23.6 Å². The Balaban J connectivity index is 1.25. The van der Waals surface area contributed by atoms with Gasteiger partial charge < -0.3 is 76.5 Å². The van der Waals surface area contributed by atoms with Gasteiger partial charge in [-0.15, -0.1) is 22.7 Å². The second kappa shape index (κ2) is 27.6. The molecule has 0 aliphatic carbocycles. The molecule has 6 aromatic rings. The van der Waals surface area contributed by atoms with Crippen molar-refractivity contribution in [2.24, 2.45) is 5.73 Å². The van der Waals surface area contributed by atoms with Crippen molar-refractivity contribution in [1.82, 2.24) is 72.4 Å². The minimum absolute atomic E-state index is 0.00299. The minimum atomic E-state index is -1.74. The summed E-state index contributed by atoms with van der Waals surface area (Å²) in [6.45, 7) is 26.1. The van der Waals surface area contributed by atoms with Gasteiger partial charge in [0.05, 0.1) is 40.7 Å². The predicted molar refractivity (Wildman–Crippen MR) is 315 cm³/mol. The van der Waals surface area contributed by atoms with Crippen LogP contribution in [0.25, 0.3) is 38.9 Å². The van der Waals surface area contributed by atoms with Crippen LogP contribution in [-0.4, -0.2) is 124 Å². The number of nitrogens with two attached hydrogens (primary N) is 1. The van der Waals surface area contributed by atoms with Gasteiger partial charge in [-0.05, 0) is 59.8 Å². The molecule has 462 valence electrons. The molecule has 4 unspecified atom stereocenters. The number of ketones is 1. The quantitative estimate of drug-likeness (QED) is 0.0877. The highest BCUT2D eigenvalue weighted by atomic mass is 32.1. The largest absolute Gasteiger partial charge is 0.441 e. The van der Waals surface area contributed by atoms with Gasteiger partial charge in [-0.2, -0.15) is 0 Å². The van der Waals surface area contributed by atoms with Crippen LogP contribution in [0.2, 0.25) is 0 Å². The molecular formula is C56H55N15O16S2. The molecule has 1 aliphatic heterocycles. The van der Waals surface area contributed by atoms with Crippen LogP contribution in [0, 0.1) is 20.8 Å². The predicted octanol–water partition coefficient (Wildman–Crippen LogP) is 2.32. The molecule has 0 fully saturated rings. The summed E-state index contributed by atoms with van der Waals surface area (Å²) in [5.74, 6) is -10.5.